The van der Waals surface area contributed by atoms with Crippen molar-refractivity contribution in [2.45, 2.75) is 102 Å². The molecule has 1 unspecified atom stereocenters. The van der Waals surface area contributed by atoms with Gasteiger partial charge in [0, 0.05) is 0 Å². The Morgan fingerprint density at radius 2 is 1.21 bits per heavy atom. The van der Waals surface area contributed by atoms with E-state index in [1.165, 1.54) is 57.8 Å². The van der Waals surface area contributed by atoms with Crippen molar-refractivity contribution < 1.29 is 33.5 Å². The van der Waals surface area contributed by atoms with Crippen LogP contribution in [0.3, 0.4) is 0 Å². The summed E-state index contributed by atoms with van der Waals surface area (Å²) < 4.78 is 28.2. The highest BCUT2D eigenvalue weighted by Crippen LogP contribution is 2.78. The van der Waals surface area contributed by atoms with Gasteiger partial charge in [-0.05, 0) is 6.42 Å². The Balaban J connectivity index is 1.61. The molecule has 3 rings (SSSR count). The highest BCUT2D eigenvalue weighted by molar-refractivity contribution is 7.50. The van der Waals surface area contributed by atoms with Crippen molar-refractivity contribution in [2.24, 2.45) is 5.41 Å². The van der Waals surface area contributed by atoms with Gasteiger partial charge in [0.2, 0.25) is 5.79 Å². The number of phosphoric ester groups is 1. The molecule has 0 aromatic carbocycles. The van der Waals surface area contributed by atoms with Crippen molar-refractivity contribution in [3.8, 4) is 0 Å². The van der Waals surface area contributed by atoms with E-state index in [1.807, 2.05) is 0 Å². The van der Waals surface area contributed by atoms with Crippen LogP contribution in [0.5, 0.6) is 0 Å². The Hall–Kier alpha value is -0.0100. The molecule has 3 saturated heterocycles. The van der Waals surface area contributed by atoms with Crippen LogP contribution in [0.2, 0.25) is 0 Å². The van der Waals surface area contributed by atoms with Gasteiger partial charge in [0.05, 0.1) is 25.2 Å². The summed E-state index contributed by atoms with van der Waals surface area (Å²) in [4.78, 5) is 0. The molecular formula is C20H39O7P. The maximum atomic E-state index is 12.1. The van der Waals surface area contributed by atoms with Gasteiger partial charge < -0.3 is 15.3 Å². The molecule has 3 aliphatic heterocycles. The molecule has 166 valence electrons. The van der Waals surface area contributed by atoms with E-state index < -0.39 is 44.9 Å². The zero-order valence-electron chi connectivity index (χ0n) is 17.3. The van der Waals surface area contributed by atoms with Crippen molar-refractivity contribution in [3.63, 3.8) is 0 Å². The smallest absolute Gasteiger partial charge is 0.395 e. The van der Waals surface area contributed by atoms with Crippen molar-refractivity contribution in [1.29, 1.82) is 0 Å². The maximum Gasteiger partial charge on any atom is 0.480 e. The van der Waals surface area contributed by atoms with Gasteiger partial charge >= 0.3 is 7.82 Å². The van der Waals surface area contributed by atoms with Gasteiger partial charge in [0.15, 0.2) is 0 Å². The van der Waals surface area contributed by atoms with Crippen molar-refractivity contribution in [1.82, 2.24) is 0 Å². The molecule has 0 amide bonds. The second-order valence-electron chi connectivity index (χ2n) is 8.32. The third-order valence-corrected chi connectivity index (χ3v) is 7.64. The number of hydrogen-bond acceptors (Lipinski definition) is 7. The Labute approximate surface area is 169 Å². The first-order valence-corrected chi connectivity index (χ1v) is 12.5. The van der Waals surface area contributed by atoms with Crippen LogP contribution in [-0.4, -0.2) is 47.0 Å². The van der Waals surface area contributed by atoms with E-state index in [4.69, 9.17) is 13.6 Å². The molecule has 0 saturated carbocycles. The summed E-state index contributed by atoms with van der Waals surface area (Å²) in [6, 6.07) is 0. The first kappa shape index (κ1) is 24.3. The number of rotatable bonds is 17. The van der Waals surface area contributed by atoms with Crippen LogP contribution in [0.4, 0.5) is 0 Å². The Bertz CT molecular complexity index is 477. The minimum absolute atomic E-state index is 0.543. The summed E-state index contributed by atoms with van der Waals surface area (Å²) in [5.74, 6) is -1.52. The summed E-state index contributed by atoms with van der Waals surface area (Å²) >= 11 is 0. The topological polar surface area (TPSA) is 105 Å². The fourth-order valence-electron chi connectivity index (χ4n) is 4.15. The number of unbranched alkanes of at least 4 members (excludes halogenated alkanes) is 11. The molecule has 3 fully saturated rings. The van der Waals surface area contributed by atoms with E-state index in [9.17, 15) is 19.9 Å². The standard InChI is InChI=1S/C20H39O7P/c1-2-3-4-5-6-7-8-9-10-11-12-13-14-18-20(19(15-21,16-22)17-23)26-28(24,25-18)27-20/h18,21-23H,2-17H2,1H3. The van der Waals surface area contributed by atoms with Crippen molar-refractivity contribution >= 4 is 7.82 Å². The molecular weight excluding hydrogens is 383 g/mol. The van der Waals surface area contributed by atoms with Crippen LogP contribution in [-0.2, 0) is 18.1 Å². The predicted molar refractivity (Wildman–Crippen MR) is 107 cm³/mol. The molecule has 3 aliphatic rings. The summed E-state index contributed by atoms with van der Waals surface area (Å²) in [6.45, 7) is 0.610. The molecule has 8 heteroatoms. The van der Waals surface area contributed by atoms with E-state index in [0.717, 1.165) is 19.3 Å². The van der Waals surface area contributed by atoms with Gasteiger partial charge in [-0.3, -0.25) is 4.52 Å². The van der Waals surface area contributed by atoms with E-state index in [2.05, 4.69) is 6.92 Å². The molecule has 3 heterocycles. The zero-order valence-corrected chi connectivity index (χ0v) is 18.2. The van der Waals surface area contributed by atoms with Crippen LogP contribution in [0, 0.1) is 5.41 Å². The average Bonchev–Trinajstić information content (AvgIpc) is 3.13. The SMILES string of the molecule is CCCCCCCCCCCCCCC1OP2(=O)OC1(C(CO)(CO)CO)O2. The summed E-state index contributed by atoms with van der Waals surface area (Å²) in [7, 11) is -3.58. The number of aliphatic hydroxyl groups excluding tert-OH is 3. The third-order valence-electron chi connectivity index (χ3n) is 6.14. The minimum Gasteiger partial charge on any atom is -0.395 e. The molecule has 0 spiro atoms. The second kappa shape index (κ2) is 11.4. The first-order chi connectivity index (χ1) is 13.5. The number of hydrogen-bond donors (Lipinski definition) is 3. The van der Waals surface area contributed by atoms with Crippen LogP contribution in [0.25, 0.3) is 0 Å². The van der Waals surface area contributed by atoms with Gasteiger partial charge in [-0.1, -0.05) is 84.0 Å². The second-order valence-corrected chi connectivity index (χ2v) is 9.79. The third kappa shape index (κ3) is 5.37. The fraction of sp³-hybridized carbons (Fsp3) is 1.00. The van der Waals surface area contributed by atoms with Crippen LogP contribution in [0.1, 0.15) is 90.4 Å². The lowest BCUT2D eigenvalue weighted by atomic mass is 9.77. The van der Waals surface area contributed by atoms with Gasteiger partial charge in [0.25, 0.3) is 0 Å². The molecule has 1 atom stereocenters. The predicted octanol–water partition coefficient (Wildman–Crippen LogP) is 4.29. The quantitative estimate of drug-likeness (QED) is 0.237. The van der Waals surface area contributed by atoms with E-state index in [1.54, 1.807) is 0 Å². The molecule has 0 radical (unpaired) electrons. The lowest BCUT2D eigenvalue weighted by Crippen LogP contribution is -2.63. The van der Waals surface area contributed by atoms with Gasteiger partial charge in [0.1, 0.15) is 6.10 Å². The average molecular weight is 422 g/mol. The molecule has 28 heavy (non-hydrogen) atoms. The first-order valence-electron chi connectivity index (χ1n) is 11.0. The number of aliphatic hydroxyl groups is 3. The highest BCUT2D eigenvalue weighted by Gasteiger charge is 2.78. The summed E-state index contributed by atoms with van der Waals surface area (Å²) in [5.41, 5.74) is -1.43. The fourth-order valence-corrected chi connectivity index (χ4v) is 6.10. The number of phosphoric acid groups is 1. The van der Waals surface area contributed by atoms with Gasteiger partial charge in [-0.25, -0.2) is 13.6 Å². The molecule has 7 nitrogen and oxygen atoms in total. The largest absolute Gasteiger partial charge is 0.480 e. The normalized spacial score (nSPS) is 29.2. The molecule has 0 aromatic heterocycles. The lowest BCUT2D eigenvalue weighted by molar-refractivity contribution is -0.286. The lowest BCUT2D eigenvalue weighted by Gasteiger charge is -2.48. The molecule has 0 aliphatic carbocycles. The number of fused-ring (bicyclic) bond motifs is 1. The van der Waals surface area contributed by atoms with Crippen LogP contribution in [0.15, 0.2) is 0 Å². The van der Waals surface area contributed by atoms with E-state index in [-0.39, 0.29) is 0 Å². The maximum absolute atomic E-state index is 12.1. The molecule has 3 N–H and O–H groups in total. The Kier molecular flexibility index (Phi) is 9.88. The van der Waals surface area contributed by atoms with Crippen LogP contribution < -0.4 is 0 Å². The van der Waals surface area contributed by atoms with Gasteiger partial charge in [-0.2, -0.15) is 0 Å². The van der Waals surface area contributed by atoms with E-state index in [0.29, 0.717) is 6.42 Å². The van der Waals surface area contributed by atoms with Crippen molar-refractivity contribution in [2.75, 3.05) is 19.8 Å². The Morgan fingerprint density at radius 1 is 0.786 bits per heavy atom. The van der Waals surface area contributed by atoms with Gasteiger partial charge in [-0.15, -0.1) is 0 Å². The Morgan fingerprint density at radius 3 is 1.64 bits per heavy atom. The van der Waals surface area contributed by atoms with Crippen LogP contribution >= 0.6 is 7.82 Å². The minimum atomic E-state index is -3.58. The molecule has 0 aromatic rings. The summed E-state index contributed by atoms with van der Waals surface area (Å²) in [6.07, 6.45) is 14.8. The summed E-state index contributed by atoms with van der Waals surface area (Å²) in [5, 5.41) is 29.0. The molecule has 2 bridgehead atoms. The zero-order chi connectivity index (χ0) is 20.5. The van der Waals surface area contributed by atoms with E-state index >= 15 is 0 Å². The highest BCUT2D eigenvalue weighted by atomic mass is 31.2. The monoisotopic (exact) mass is 422 g/mol. The van der Waals surface area contributed by atoms with Crippen molar-refractivity contribution in [3.05, 3.63) is 0 Å².